The molecule has 0 fully saturated rings. The normalized spacial score (nSPS) is 13.1. The van der Waals surface area contributed by atoms with E-state index in [2.05, 4.69) is 6.92 Å². The molecular formula is C13H18OS. The van der Waals surface area contributed by atoms with E-state index in [1.165, 1.54) is 19.3 Å². The van der Waals surface area contributed by atoms with Gasteiger partial charge in [0.25, 0.3) is 0 Å². The summed E-state index contributed by atoms with van der Waals surface area (Å²) >= 11 is 0. The summed E-state index contributed by atoms with van der Waals surface area (Å²) in [6.45, 7) is 2.19. The van der Waals surface area contributed by atoms with E-state index in [9.17, 15) is 4.21 Å². The van der Waals surface area contributed by atoms with Crippen LogP contribution in [0.15, 0.2) is 46.7 Å². The molecule has 15 heavy (non-hydrogen) atoms. The van der Waals surface area contributed by atoms with Gasteiger partial charge in [0.15, 0.2) is 0 Å². The van der Waals surface area contributed by atoms with Gasteiger partial charge in [0, 0.05) is 10.3 Å². The van der Waals surface area contributed by atoms with E-state index in [0.29, 0.717) is 0 Å². The predicted molar refractivity (Wildman–Crippen MR) is 66.1 cm³/mol. The highest BCUT2D eigenvalue weighted by Gasteiger charge is 1.96. The average molecular weight is 222 g/mol. The summed E-state index contributed by atoms with van der Waals surface area (Å²) in [5.74, 6) is 0. The Morgan fingerprint density at radius 2 is 1.93 bits per heavy atom. The predicted octanol–water partition coefficient (Wildman–Crippen LogP) is 3.89. The number of allylic oxidation sites excluding steroid dienone is 1. The highest BCUT2D eigenvalue weighted by molar-refractivity contribution is 7.88. The van der Waals surface area contributed by atoms with Crippen LogP contribution in [0.2, 0.25) is 0 Å². The summed E-state index contributed by atoms with van der Waals surface area (Å²) < 4.78 is 11.7. The van der Waals surface area contributed by atoms with Crippen molar-refractivity contribution >= 4 is 10.8 Å². The minimum atomic E-state index is -0.969. The van der Waals surface area contributed by atoms with Crippen molar-refractivity contribution in [1.29, 1.82) is 0 Å². The third kappa shape index (κ3) is 4.93. The van der Waals surface area contributed by atoms with Crippen LogP contribution in [0.25, 0.3) is 0 Å². The quantitative estimate of drug-likeness (QED) is 0.667. The number of benzene rings is 1. The zero-order chi connectivity index (χ0) is 10.9. The maximum absolute atomic E-state index is 11.7. The molecule has 2 heteroatoms. The van der Waals surface area contributed by atoms with Crippen LogP contribution in [0.4, 0.5) is 0 Å². The standard InChI is InChI=1S/C13H18OS/c1-2-3-4-5-9-12-15(14)13-10-7-6-8-11-13/h6-12H,2-5H2,1H3. The average Bonchev–Trinajstić information content (AvgIpc) is 2.30. The molecule has 0 saturated heterocycles. The van der Waals surface area contributed by atoms with Gasteiger partial charge in [-0.3, -0.25) is 0 Å². The topological polar surface area (TPSA) is 17.1 Å². The molecule has 0 heterocycles. The summed E-state index contributed by atoms with van der Waals surface area (Å²) in [4.78, 5) is 0.879. The minimum Gasteiger partial charge on any atom is -0.250 e. The van der Waals surface area contributed by atoms with Crippen molar-refractivity contribution in [3.63, 3.8) is 0 Å². The first-order chi connectivity index (χ1) is 7.34. The molecule has 0 amide bonds. The van der Waals surface area contributed by atoms with Gasteiger partial charge in [0.05, 0.1) is 10.8 Å². The first-order valence-electron chi connectivity index (χ1n) is 5.47. The molecule has 0 saturated carbocycles. The maximum Gasteiger partial charge on any atom is 0.0772 e. The molecule has 0 aliphatic rings. The molecule has 1 unspecified atom stereocenters. The van der Waals surface area contributed by atoms with Gasteiger partial charge in [0.1, 0.15) is 0 Å². The van der Waals surface area contributed by atoms with E-state index in [0.717, 1.165) is 11.3 Å². The Hall–Kier alpha value is -0.890. The molecule has 0 aromatic heterocycles. The Labute approximate surface area is 94.7 Å². The van der Waals surface area contributed by atoms with Crippen molar-refractivity contribution in [2.45, 2.75) is 37.5 Å². The lowest BCUT2D eigenvalue weighted by molar-refractivity contribution is 0.688. The zero-order valence-corrected chi connectivity index (χ0v) is 10.0. The van der Waals surface area contributed by atoms with Crippen LogP contribution in [0.5, 0.6) is 0 Å². The van der Waals surface area contributed by atoms with Crippen molar-refractivity contribution in [2.24, 2.45) is 0 Å². The van der Waals surface area contributed by atoms with E-state index in [1.807, 2.05) is 36.4 Å². The molecule has 0 bridgehead atoms. The molecule has 82 valence electrons. The second-order valence-electron chi connectivity index (χ2n) is 3.48. The van der Waals surface area contributed by atoms with E-state index >= 15 is 0 Å². The molecule has 1 aromatic rings. The zero-order valence-electron chi connectivity index (χ0n) is 9.19. The first-order valence-corrected chi connectivity index (χ1v) is 6.68. The molecule has 1 atom stereocenters. The van der Waals surface area contributed by atoms with Crippen molar-refractivity contribution in [1.82, 2.24) is 0 Å². The summed E-state index contributed by atoms with van der Waals surface area (Å²) in [7, 11) is -0.969. The molecule has 0 N–H and O–H groups in total. The largest absolute Gasteiger partial charge is 0.250 e. The Morgan fingerprint density at radius 1 is 1.20 bits per heavy atom. The summed E-state index contributed by atoms with van der Waals surface area (Å²) in [5.41, 5.74) is 0. The number of unbranched alkanes of at least 4 members (excludes halogenated alkanes) is 3. The lowest BCUT2D eigenvalue weighted by atomic mass is 10.2. The summed E-state index contributed by atoms with van der Waals surface area (Å²) in [5, 5.41) is 1.80. The van der Waals surface area contributed by atoms with Crippen LogP contribution >= 0.6 is 0 Å². The summed E-state index contributed by atoms with van der Waals surface area (Å²) in [6.07, 6.45) is 6.74. The molecule has 1 aromatic carbocycles. The van der Waals surface area contributed by atoms with Crippen LogP contribution in [-0.4, -0.2) is 4.21 Å². The fourth-order valence-electron chi connectivity index (χ4n) is 1.30. The molecule has 1 nitrogen and oxygen atoms in total. The second kappa shape index (κ2) is 7.41. The molecular weight excluding hydrogens is 204 g/mol. The third-order valence-electron chi connectivity index (χ3n) is 2.17. The first kappa shape index (κ1) is 12.2. The van der Waals surface area contributed by atoms with Crippen LogP contribution in [0.3, 0.4) is 0 Å². The number of rotatable bonds is 6. The van der Waals surface area contributed by atoms with Crippen molar-refractivity contribution < 1.29 is 4.21 Å². The fraction of sp³-hybridized carbons (Fsp3) is 0.385. The number of hydrogen-bond donors (Lipinski definition) is 0. The van der Waals surface area contributed by atoms with Crippen molar-refractivity contribution in [3.05, 3.63) is 41.8 Å². The van der Waals surface area contributed by atoms with E-state index in [-0.39, 0.29) is 0 Å². The Balaban J connectivity index is 2.36. The lowest BCUT2D eigenvalue weighted by Gasteiger charge is -1.95. The van der Waals surface area contributed by atoms with Crippen LogP contribution in [0, 0.1) is 0 Å². The molecule has 0 spiro atoms. The van der Waals surface area contributed by atoms with Crippen LogP contribution in [-0.2, 0) is 10.8 Å². The Bertz CT molecular complexity index is 317. The molecule has 0 radical (unpaired) electrons. The smallest absolute Gasteiger partial charge is 0.0772 e. The van der Waals surface area contributed by atoms with Crippen LogP contribution in [0.1, 0.15) is 32.6 Å². The molecule has 0 aliphatic carbocycles. The monoisotopic (exact) mass is 222 g/mol. The van der Waals surface area contributed by atoms with E-state index < -0.39 is 10.8 Å². The third-order valence-corrected chi connectivity index (χ3v) is 3.35. The fourth-order valence-corrected chi connectivity index (χ4v) is 2.19. The van der Waals surface area contributed by atoms with Crippen LogP contribution < -0.4 is 0 Å². The second-order valence-corrected chi connectivity index (χ2v) is 4.82. The van der Waals surface area contributed by atoms with Gasteiger partial charge in [-0.15, -0.1) is 0 Å². The highest BCUT2D eigenvalue weighted by Crippen LogP contribution is 2.07. The summed E-state index contributed by atoms with van der Waals surface area (Å²) in [6, 6.07) is 9.56. The Morgan fingerprint density at radius 3 is 2.60 bits per heavy atom. The van der Waals surface area contributed by atoms with Gasteiger partial charge in [-0.1, -0.05) is 44.0 Å². The van der Waals surface area contributed by atoms with E-state index in [4.69, 9.17) is 0 Å². The molecule has 1 rings (SSSR count). The maximum atomic E-state index is 11.7. The van der Waals surface area contributed by atoms with Gasteiger partial charge < -0.3 is 0 Å². The molecule has 0 aliphatic heterocycles. The Kier molecular flexibility index (Phi) is 6.02. The van der Waals surface area contributed by atoms with Gasteiger partial charge in [0.2, 0.25) is 0 Å². The lowest BCUT2D eigenvalue weighted by Crippen LogP contribution is -1.84. The van der Waals surface area contributed by atoms with E-state index in [1.54, 1.807) is 5.41 Å². The van der Waals surface area contributed by atoms with Gasteiger partial charge in [-0.05, 0) is 25.0 Å². The van der Waals surface area contributed by atoms with Gasteiger partial charge >= 0.3 is 0 Å². The van der Waals surface area contributed by atoms with Gasteiger partial charge in [-0.2, -0.15) is 0 Å². The van der Waals surface area contributed by atoms with Gasteiger partial charge in [-0.25, -0.2) is 4.21 Å². The van der Waals surface area contributed by atoms with Crippen molar-refractivity contribution in [3.8, 4) is 0 Å². The van der Waals surface area contributed by atoms with Crippen molar-refractivity contribution in [2.75, 3.05) is 0 Å². The number of hydrogen-bond acceptors (Lipinski definition) is 1. The SMILES string of the molecule is CCCCCC=CS(=O)c1ccccc1. The highest BCUT2D eigenvalue weighted by atomic mass is 32.2. The minimum absolute atomic E-state index is 0.879.